The van der Waals surface area contributed by atoms with Crippen molar-refractivity contribution in [3.8, 4) is 0 Å². The highest BCUT2D eigenvalue weighted by Gasteiger charge is 2.21. The fourth-order valence-electron chi connectivity index (χ4n) is 2.14. The van der Waals surface area contributed by atoms with Crippen LogP contribution in [0.1, 0.15) is 42.0 Å². The average Bonchev–Trinajstić information content (AvgIpc) is 2.62. The first kappa shape index (κ1) is 20.0. The molecule has 140 valence electrons. The first-order valence-electron chi connectivity index (χ1n) is 8.38. The highest BCUT2D eigenvalue weighted by atomic mass is 32.2. The highest BCUT2D eigenvalue weighted by Crippen LogP contribution is 2.16. The Hall–Kier alpha value is -2.32. The van der Waals surface area contributed by atoms with Crippen molar-refractivity contribution in [1.29, 1.82) is 0 Å². The Balaban J connectivity index is 2.08. The van der Waals surface area contributed by atoms with Gasteiger partial charge in [-0.1, -0.05) is 24.6 Å². The molecule has 1 amide bonds. The van der Waals surface area contributed by atoms with E-state index in [4.69, 9.17) is 0 Å². The molecule has 0 fully saturated rings. The molecule has 0 bridgehead atoms. The Morgan fingerprint density at radius 1 is 1.19 bits per heavy atom. The van der Waals surface area contributed by atoms with E-state index < -0.39 is 10.0 Å². The molecule has 26 heavy (non-hydrogen) atoms. The minimum absolute atomic E-state index is 0.0173. The van der Waals surface area contributed by atoms with Gasteiger partial charge in [0.2, 0.25) is 10.0 Å². The Labute approximate surface area is 154 Å². The summed E-state index contributed by atoms with van der Waals surface area (Å²) in [6.07, 6.45) is 3.64. The Bertz CT molecular complexity index is 849. The topological polar surface area (TPSA) is 92.3 Å². The van der Waals surface area contributed by atoms with Gasteiger partial charge in [0.05, 0.1) is 17.0 Å². The van der Waals surface area contributed by atoms with Crippen LogP contribution in [0.3, 0.4) is 0 Å². The van der Waals surface area contributed by atoms with Crippen molar-refractivity contribution < 1.29 is 13.2 Å². The predicted octanol–water partition coefficient (Wildman–Crippen LogP) is 2.13. The second-order valence-electron chi connectivity index (χ2n) is 6.24. The highest BCUT2D eigenvalue weighted by molar-refractivity contribution is 7.89. The fraction of sp³-hybridized carbons (Fsp3) is 0.389. The van der Waals surface area contributed by atoms with E-state index in [9.17, 15) is 13.2 Å². The van der Waals surface area contributed by atoms with Crippen LogP contribution in [0.15, 0.2) is 41.6 Å². The maximum absolute atomic E-state index is 12.6. The number of hydrogen-bond acceptors (Lipinski definition) is 5. The predicted molar refractivity (Wildman–Crippen MR) is 99.1 cm³/mol. The van der Waals surface area contributed by atoms with Crippen LogP contribution < -0.4 is 5.32 Å². The van der Waals surface area contributed by atoms with Crippen LogP contribution in [0.5, 0.6) is 0 Å². The van der Waals surface area contributed by atoms with Crippen LogP contribution >= 0.6 is 0 Å². The molecule has 0 aliphatic carbocycles. The zero-order valence-corrected chi connectivity index (χ0v) is 16.2. The molecule has 0 saturated carbocycles. The van der Waals surface area contributed by atoms with Gasteiger partial charge < -0.3 is 5.32 Å². The van der Waals surface area contributed by atoms with E-state index in [1.807, 2.05) is 20.8 Å². The van der Waals surface area contributed by atoms with Gasteiger partial charge in [-0.05, 0) is 32.4 Å². The number of carbonyl (C=O) groups excluding carboxylic acids is 1. The first-order valence-corrected chi connectivity index (χ1v) is 9.82. The lowest BCUT2D eigenvalue weighted by atomic mass is 10.2. The van der Waals surface area contributed by atoms with Crippen molar-refractivity contribution in [2.24, 2.45) is 0 Å². The van der Waals surface area contributed by atoms with E-state index in [-0.39, 0.29) is 23.4 Å². The van der Waals surface area contributed by atoms with Gasteiger partial charge >= 0.3 is 0 Å². The van der Waals surface area contributed by atoms with Crippen LogP contribution in [0, 0.1) is 6.92 Å². The summed E-state index contributed by atoms with van der Waals surface area (Å²) in [6, 6.07) is 6.71. The molecule has 0 aliphatic heterocycles. The van der Waals surface area contributed by atoms with Crippen LogP contribution in [0.25, 0.3) is 0 Å². The van der Waals surface area contributed by atoms with Gasteiger partial charge in [-0.25, -0.2) is 18.4 Å². The molecule has 0 spiro atoms. The monoisotopic (exact) mass is 376 g/mol. The molecule has 0 unspecified atom stereocenters. The Morgan fingerprint density at radius 3 is 2.31 bits per heavy atom. The van der Waals surface area contributed by atoms with Crippen molar-refractivity contribution in [3.05, 3.63) is 53.6 Å². The van der Waals surface area contributed by atoms with Gasteiger partial charge in [-0.3, -0.25) is 4.79 Å². The normalized spacial score (nSPS) is 12.8. The lowest BCUT2D eigenvalue weighted by Crippen LogP contribution is -2.32. The summed E-state index contributed by atoms with van der Waals surface area (Å²) in [5, 5.41) is 2.83. The quantitative estimate of drug-likeness (QED) is 0.799. The molecule has 2 rings (SSSR count). The minimum atomic E-state index is -3.63. The molecule has 0 saturated heterocycles. The number of hydrogen-bond donors (Lipinski definition) is 1. The zero-order chi connectivity index (χ0) is 19.3. The summed E-state index contributed by atoms with van der Waals surface area (Å²) in [6.45, 7) is 5.81. The number of aromatic nitrogens is 2. The second-order valence-corrected chi connectivity index (χ2v) is 8.29. The molecule has 8 heteroatoms. The summed E-state index contributed by atoms with van der Waals surface area (Å²) < 4.78 is 26.4. The SMILES string of the molecule is CC[C@@H](C)NC(=O)c1cnc(CN(C)S(=O)(=O)c2ccc(C)cc2)nc1. The number of sulfonamides is 1. The molecular formula is C18H24N4O3S. The van der Waals surface area contributed by atoms with Gasteiger partial charge in [-0.2, -0.15) is 4.31 Å². The lowest BCUT2D eigenvalue weighted by molar-refractivity contribution is 0.0938. The minimum Gasteiger partial charge on any atom is -0.350 e. The van der Waals surface area contributed by atoms with Gasteiger partial charge in [0.15, 0.2) is 0 Å². The molecule has 1 aromatic carbocycles. The number of nitrogens with zero attached hydrogens (tertiary/aromatic N) is 3. The van der Waals surface area contributed by atoms with E-state index in [2.05, 4.69) is 15.3 Å². The maximum atomic E-state index is 12.6. The third-order valence-corrected chi connectivity index (χ3v) is 5.87. The van der Waals surface area contributed by atoms with Crippen LogP contribution in [-0.2, 0) is 16.6 Å². The smallest absolute Gasteiger partial charge is 0.254 e. The lowest BCUT2D eigenvalue weighted by Gasteiger charge is -2.16. The van der Waals surface area contributed by atoms with E-state index in [1.54, 1.807) is 24.3 Å². The molecule has 0 aliphatic rings. The van der Waals surface area contributed by atoms with E-state index >= 15 is 0 Å². The third-order valence-electron chi connectivity index (χ3n) is 4.05. The van der Waals surface area contributed by atoms with E-state index in [0.29, 0.717) is 11.4 Å². The van der Waals surface area contributed by atoms with Gasteiger partial charge in [0.1, 0.15) is 5.82 Å². The fourth-order valence-corrected chi connectivity index (χ4v) is 3.26. The van der Waals surface area contributed by atoms with Crippen LogP contribution in [-0.4, -0.2) is 41.7 Å². The molecule has 2 aromatic rings. The van der Waals surface area contributed by atoms with Crippen LogP contribution in [0.2, 0.25) is 0 Å². The van der Waals surface area contributed by atoms with Crippen molar-refractivity contribution in [1.82, 2.24) is 19.6 Å². The van der Waals surface area contributed by atoms with Crippen molar-refractivity contribution in [2.75, 3.05) is 7.05 Å². The van der Waals surface area contributed by atoms with Gasteiger partial charge in [0.25, 0.3) is 5.91 Å². The standard InChI is InChI=1S/C18H24N4O3S/c1-5-14(3)21-18(23)15-10-19-17(20-11-15)12-22(4)26(24,25)16-8-6-13(2)7-9-16/h6-11,14H,5,12H2,1-4H3,(H,21,23)/t14-/m1/s1. The number of rotatable bonds is 7. The maximum Gasteiger partial charge on any atom is 0.254 e. The summed E-state index contributed by atoms with van der Waals surface area (Å²) in [5.74, 6) is 0.0785. The average molecular weight is 376 g/mol. The van der Waals surface area contributed by atoms with Crippen molar-refractivity contribution >= 4 is 15.9 Å². The molecule has 1 atom stereocenters. The number of nitrogens with one attached hydrogen (secondary N) is 1. The van der Waals surface area contributed by atoms with Gasteiger partial charge in [0, 0.05) is 25.5 Å². The Morgan fingerprint density at radius 2 is 1.77 bits per heavy atom. The number of amides is 1. The van der Waals surface area contributed by atoms with Crippen molar-refractivity contribution in [3.63, 3.8) is 0 Å². The number of carbonyl (C=O) groups is 1. The molecule has 1 N–H and O–H groups in total. The number of aryl methyl sites for hydroxylation is 1. The summed E-state index contributed by atoms with van der Waals surface area (Å²) in [4.78, 5) is 20.5. The van der Waals surface area contributed by atoms with E-state index in [0.717, 1.165) is 12.0 Å². The third kappa shape index (κ3) is 4.86. The summed E-state index contributed by atoms with van der Waals surface area (Å²) in [5.41, 5.74) is 1.33. The zero-order valence-electron chi connectivity index (χ0n) is 15.4. The molecule has 1 heterocycles. The van der Waals surface area contributed by atoms with Crippen LogP contribution in [0.4, 0.5) is 0 Å². The largest absolute Gasteiger partial charge is 0.350 e. The first-order chi connectivity index (χ1) is 12.2. The van der Waals surface area contributed by atoms with E-state index in [1.165, 1.54) is 23.7 Å². The molecular weight excluding hydrogens is 352 g/mol. The molecule has 0 radical (unpaired) electrons. The van der Waals surface area contributed by atoms with Crippen molar-refractivity contribution in [2.45, 2.75) is 44.7 Å². The molecule has 1 aromatic heterocycles. The van der Waals surface area contributed by atoms with Gasteiger partial charge in [-0.15, -0.1) is 0 Å². The number of benzene rings is 1. The molecule has 7 nitrogen and oxygen atoms in total. The summed E-state index contributed by atoms with van der Waals surface area (Å²) >= 11 is 0. The summed E-state index contributed by atoms with van der Waals surface area (Å²) in [7, 11) is -2.15. The second kappa shape index (κ2) is 8.37. The Kier molecular flexibility index (Phi) is 6.44.